The molecule has 1 aliphatic carbocycles. The van der Waals surface area contributed by atoms with Crippen LogP contribution in [0.1, 0.15) is 48.4 Å². The summed E-state index contributed by atoms with van der Waals surface area (Å²) in [5.41, 5.74) is 10.1. The Hall–Kier alpha value is -5.19. The van der Waals surface area contributed by atoms with Crippen LogP contribution in [0.5, 0.6) is 0 Å². The van der Waals surface area contributed by atoms with E-state index in [4.69, 9.17) is 5.73 Å². The second-order valence-corrected chi connectivity index (χ2v) is 17.4. The van der Waals surface area contributed by atoms with Crippen molar-refractivity contribution in [2.24, 2.45) is 11.7 Å². The molecule has 11 rings (SSSR count). The van der Waals surface area contributed by atoms with Gasteiger partial charge in [-0.15, -0.1) is 0 Å². The number of nitrogens with one attached hydrogen (secondary N) is 5. The maximum absolute atomic E-state index is 14.3. The maximum atomic E-state index is 14.3. The molecule has 6 bridgehead atoms. The van der Waals surface area contributed by atoms with Gasteiger partial charge in [0.25, 0.3) is 0 Å². The van der Waals surface area contributed by atoms with Crippen molar-refractivity contribution in [3.05, 3.63) is 125 Å². The summed E-state index contributed by atoms with van der Waals surface area (Å²) >= 11 is 0. The first kappa shape index (κ1) is 43.4. The third-order valence-corrected chi connectivity index (χ3v) is 12.3. The minimum atomic E-state index is -4.04. The Morgan fingerprint density at radius 2 is 1.42 bits per heavy atom. The van der Waals surface area contributed by atoms with Crippen LogP contribution in [0.3, 0.4) is 0 Å². The van der Waals surface area contributed by atoms with Crippen molar-refractivity contribution in [1.82, 2.24) is 30.5 Å². The number of benzene rings is 3. The van der Waals surface area contributed by atoms with Crippen LogP contribution in [-0.4, -0.2) is 99.2 Å². The molecule has 4 atom stereocenters. The Labute approximate surface area is 347 Å². The van der Waals surface area contributed by atoms with Crippen LogP contribution in [0, 0.1) is 5.92 Å². The molecule has 1 fully saturated rings. The third-order valence-electron chi connectivity index (χ3n) is 11.0. The van der Waals surface area contributed by atoms with E-state index in [0.29, 0.717) is 49.3 Å². The first-order chi connectivity index (χ1) is 28.4. The number of hydrogen-bond donors (Lipinski definition) is 6. The van der Waals surface area contributed by atoms with Crippen molar-refractivity contribution >= 4 is 39.3 Å². The van der Waals surface area contributed by atoms with Crippen molar-refractivity contribution in [2.75, 3.05) is 44.6 Å². The highest BCUT2D eigenvalue weighted by atomic mass is 32.2. The van der Waals surface area contributed by atoms with Gasteiger partial charge in [-0.05, 0) is 52.3 Å². The average molecular weight is 825 g/mol. The maximum Gasteiger partial charge on any atom is 0.243 e. The highest BCUT2D eigenvalue weighted by Crippen LogP contribution is 2.22. The van der Waals surface area contributed by atoms with Gasteiger partial charge in [0.1, 0.15) is 12.1 Å². The van der Waals surface area contributed by atoms with E-state index in [0.717, 1.165) is 42.9 Å². The Bertz CT molecular complexity index is 2080. The van der Waals surface area contributed by atoms with E-state index in [-0.39, 0.29) is 48.9 Å². The number of sulfonamides is 1. The van der Waals surface area contributed by atoms with Gasteiger partial charge in [-0.25, -0.2) is 13.1 Å². The Kier molecular flexibility index (Phi) is 15.2. The molecule has 8 aliphatic rings. The van der Waals surface area contributed by atoms with Crippen LogP contribution in [0.4, 0.5) is 5.69 Å². The predicted molar refractivity (Wildman–Crippen MR) is 228 cm³/mol. The predicted octanol–water partition coefficient (Wildman–Crippen LogP) is 2.33. The molecule has 3 aromatic carbocycles. The number of rotatable bonds is 8. The zero-order valence-corrected chi connectivity index (χ0v) is 34.4. The monoisotopic (exact) mass is 824 g/mol. The van der Waals surface area contributed by atoms with Crippen molar-refractivity contribution in [3.63, 3.8) is 0 Å². The molecular weight excluding hydrogens is 769 g/mol. The highest BCUT2D eigenvalue weighted by molar-refractivity contribution is 7.88. The van der Waals surface area contributed by atoms with Crippen LogP contribution < -0.4 is 31.7 Å². The molecule has 0 radical (unpaired) electrons. The minimum absolute atomic E-state index is 0.00353. The molecule has 3 aromatic rings. The normalized spacial score (nSPS) is 24.8. The standard InChI is InChI=1S/C44H56N8O6S/c1-31-25-36-13-16-38(31)48-42(54)18-20-52-23-21-51(22-24-52)19-17-41(53)47-37-14-11-32(12-15-37)26-39(43(55)46-29-34-9-7-33(28-45)8-10-34)49-44(56)40(27-36)50-59(57,58)30-35-5-3-2-4-6-35/h2-16,25,31,38-40,50H,17-24,26-30,45H2,1H3,(H,46,55)(H,47,53)(H,48,54)(H,49,56)/t31?,38?,39-,40+/m0/s1. The van der Waals surface area contributed by atoms with Crippen LogP contribution in [0.25, 0.3) is 0 Å². The number of anilines is 1. The molecule has 7 N–H and O–H groups in total. The van der Waals surface area contributed by atoms with Crippen LogP contribution in [0.15, 0.2) is 103 Å². The van der Waals surface area contributed by atoms with Crippen molar-refractivity contribution < 1.29 is 27.6 Å². The smallest absolute Gasteiger partial charge is 0.243 e. The molecule has 4 amide bonds. The van der Waals surface area contributed by atoms with E-state index >= 15 is 0 Å². The highest BCUT2D eigenvalue weighted by Gasteiger charge is 2.31. The molecule has 0 spiro atoms. The zero-order chi connectivity index (χ0) is 41.8. The van der Waals surface area contributed by atoms with Crippen LogP contribution in [0.2, 0.25) is 0 Å². The first-order valence-electron chi connectivity index (χ1n) is 20.3. The quantitative estimate of drug-likeness (QED) is 0.198. The minimum Gasteiger partial charge on any atom is -0.350 e. The molecule has 314 valence electrons. The molecular formula is C44H56N8O6S. The molecule has 0 saturated carbocycles. The summed E-state index contributed by atoms with van der Waals surface area (Å²) in [7, 11) is -4.04. The van der Waals surface area contributed by atoms with E-state index in [1.54, 1.807) is 54.6 Å². The lowest BCUT2D eigenvalue weighted by molar-refractivity contribution is -0.129. The van der Waals surface area contributed by atoms with E-state index in [1.807, 2.05) is 49.4 Å². The molecule has 7 aliphatic heterocycles. The second kappa shape index (κ2) is 20.7. The average Bonchev–Trinajstić information content (AvgIpc) is 3.22. The topological polar surface area (TPSA) is 195 Å². The van der Waals surface area contributed by atoms with Gasteiger partial charge in [-0.3, -0.25) is 19.2 Å². The van der Waals surface area contributed by atoms with Gasteiger partial charge in [0, 0.05) is 77.3 Å². The molecule has 59 heavy (non-hydrogen) atoms. The number of nitrogens with zero attached hydrogens (tertiary/aromatic N) is 2. The van der Waals surface area contributed by atoms with Gasteiger partial charge in [-0.1, -0.05) is 91.9 Å². The van der Waals surface area contributed by atoms with Gasteiger partial charge >= 0.3 is 0 Å². The van der Waals surface area contributed by atoms with Gasteiger partial charge in [0.05, 0.1) is 11.8 Å². The van der Waals surface area contributed by atoms with Crippen LogP contribution in [-0.2, 0) is 54.5 Å². The number of nitrogens with two attached hydrogens (primary N) is 1. The third kappa shape index (κ3) is 13.4. The largest absolute Gasteiger partial charge is 0.350 e. The lowest BCUT2D eigenvalue weighted by atomic mass is 9.90. The van der Waals surface area contributed by atoms with Gasteiger partial charge < -0.3 is 36.8 Å². The Morgan fingerprint density at radius 1 is 0.780 bits per heavy atom. The van der Waals surface area contributed by atoms with Gasteiger partial charge in [-0.2, -0.15) is 0 Å². The zero-order valence-electron chi connectivity index (χ0n) is 33.6. The lowest BCUT2D eigenvalue weighted by Gasteiger charge is -2.34. The molecule has 1 saturated heterocycles. The number of piperazine rings is 1. The molecule has 2 unspecified atom stereocenters. The van der Waals surface area contributed by atoms with Crippen molar-refractivity contribution in [2.45, 2.75) is 69.6 Å². The SMILES string of the molecule is CC1C=C2C=CC1NC(=O)CCN1CCN(CCC(=O)Nc3ccc(cc3)C[C@@H](C(=O)NCc3ccc(CN)cc3)NC(=O)[C@H](NS(=O)(=O)Cc3ccccc3)C2)CC1. The van der Waals surface area contributed by atoms with Gasteiger partial charge in [0.15, 0.2) is 0 Å². The van der Waals surface area contributed by atoms with Crippen LogP contribution >= 0.6 is 0 Å². The van der Waals surface area contributed by atoms with E-state index < -0.39 is 33.9 Å². The van der Waals surface area contributed by atoms with E-state index in [9.17, 15) is 27.6 Å². The number of allylic oxidation sites excluding steroid dienone is 1. The number of carbonyl (C=O) groups excluding carboxylic acids is 4. The fourth-order valence-corrected chi connectivity index (χ4v) is 8.81. The summed E-state index contributed by atoms with van der Waals surface area (Å²) < 4.78 is 29.9. The summed E-state index contributed by atoms with van der Waals surface area (Å²) in [6.07, 6.45) is 6.41. The molecule has 14 nitrogen and oxygen atoms in total. The molecule has 7 heterocycles. The summed E-state index contributed by atoms with van der Waals surface area (Å²) in [6, 6.07) is 20.7. The fraction of sp³-hybridized carbons (Fsp3) is 0.409. The fourth-order valence-electron chi connectivity index (χ4n) is 7.48. The molecule has 0 aromatic heterocycles. The first-order valence-corrected chi connectivity index (χ1v) is 22.0. The molecule has 15 heteroatoms. The summed E-state index contributed by atoms with van der Waals surface area (Å²) in [4.78, 5) is 58.7. The van der Waals surface area contributed by atoms with E-state index in [2.05, 4.69) is 35.8 Å². The number of hydrogen-bond acceptors (Lipinski definition) is 9. The number of amides is 4. The van der Waals surface area contributed by atoms with Crippen molar-refractivity contribution in [1.29, 1.82) is 0 Å². The Balaban J connectivity index is 1.26. The summed E-state index contributed by atoms with van der Waals surface area (Å²) in [5, 5.41) is 11.9. The number of carbonyl (C=O) groups is 4. The van der Waals surface area contributed by atoms with E-state index in [1.165, 1.54) is 0 Å². The lowest BCUT2D eigenvalue weighted by Crippen LogP contribution is -2.54. The van der Waals surface area contributed by atoms with Crippen molar-refractivity contribution in [3.8, 4) is 0 Å². The second-order valence-electron chi connectivity index (χ2n) is 15.6. The Morgan fingerprint density at radius 3 is 2.07 bits per heavy atom. The summed E-state index contributed by atoms with van der Waals surface area (Å²) in [5.74, 6) is -1.79. The van der Waals surface area contributed by atoms with Gasteiger partial charge in [0.2, 0.25) is 33.7 Å². The summed E-state index contributed by atoms with van der Waals surface area (Å²) in [6.45, 7) is 7.05.